The fourth-order valence-electron chi connectivity index (χ4n) is 5.31. The summed E-state index contributed by atoms with van der Waals surface area (Å²) in [6.07, 6.45) is 9.45. The number of carbonyl (C=O) groups is 2. The van der Waals surface area contributed by atoms with Gasteiger partial charge in [-0.15, -0.1) is 0 Å². The molecule has 1 aliphatic heterocycles. The molecule has 4 heterocycles. The van der Waals surface area contributed by atoms with Crippen molar-refractivity contribution in [3.63, 3.8) is 0 Å². The van der Waals surface area contributed by atoms with Gasteiger partial charge in [-0.2, -0.15) is 5.10 Å². The van der Waals surface area contributed by atoms with Crippen LogP contribution in [0.3, 0.4) is 0 Å². The van der Waals surface area contributed by atoms with E-state index in [9.17, 15) is 9.59 Å². The lowest BCUT2D eigenvalue weighted by Gasteiger charge is -2.33. The van der Waals surface area contributed by atoms with E-state index in [1.165, 1.54) is 6.33 Å². The topological polar surface area (TPSA) is 106 Å². The molecule has 2 aliphatic rings. The number of nitrogens with zero attached hydrogens (tertiary/aromatic N) is 5. The molecule has 0 bridgehead atoms. The van der Waals surface area contributed by atoms with E-state index in [2.05, 4.69) is 20.4 Å². The van der Waals surface area contributed by atoms with Gasteiger partial charge >= 0.3 is 0 Å². The molecule has 4 aromatic rings. The van der Waals surface area contributed by atoms with Gasteiger partial charge in [-0.1, -0.05) is 18.2 Å². The Hall–Kier alpha value is -4.01. The number of benzene rings is 1. The van der Waals surface area contributed by atoms with Crippen LogP contribution in [0.25, 0.3) is 11.0 Å². The molecule has 1 atom stereocenters. The first-order valence-corrected chi connectivity index (χ1v) is 11.9. The van der Waals surface area contributed by atoms with Crippen molar-refractivity contribution in [2.24, 2.45) is 11.3 Å². The fraction of sp³-hybridized carbons (Fsp3) is 0.346. The van der Waals surface area contributed by atoms with Crippen LogP contribution in [0.2, 0.25) is 0 Å². The Morgan fingerprint density at radius 3 is 2.80 bits per heavy atom. The second kappa shape index (κ2) is 8.65. The van der Waals surface area contributed by atoms with Gasteiger partial charge in [0.25, 0.3) is 11.8 Å². The zero-order valence-corrected chi connectivity index (χ0v) is 19.3. The van der Waals surface area contributed by atoms with Crippen LogP contribution in [0.1, 0.15) is 45.7 Å². The van der Waals surface area contributed by atoms with Crippen LogP contribution in [0, 0.1) is 11.3 Å². The van der Waals surface area contributed by atoms with Crippen LogP contribution in [0.15, 0.2) is 65.9 Å². The van der Waals surface area contributed by atoms with Gasteiger partial charge in [0.1, 0.15) is 12.7 Å². The standard InChI is InChI=1S/C26H26N6O3/c33-24(22-11-18-5-8-27-14-23(18)35-22)29-13-20-12-26(20)6-9-31(10-7-26)25(34)21-4-2-1-3-19(21)15-32-17-28-16-30-32/h1-5,8,11,14,16-17,20H,6-7,9-10,12-13,15H2,(H,29,33). The van der Waals surface area contributed by atoms with Crippen LogP contribution >= 0.6 is 0 Å². The van der Waals surface area contributed by atoms with Crippen molar-refractivity contribution in [3.8, 4) is 0 Å². The van der Waals surface area contributed by atoms with Crippen molar-refractivity contribution in [1.82, 2.24) is 30.0 Å². The van der Waals surface area contributed by atoms with Crippen molar-refractivity contribution >= 4 is 22.8 Å². The molecule has 1 unspecified atom stereocenters. The second-order valence-corrected chi connectivity index (χ2v) is 9.54. The Bertz CT molecular complexity index is 1340. The summed E-state index contributed by atoms with van der Waals surface area (Å²) in [6, 6.07) is 11.3. The van der Waals surface area contributed by atoms with E-state index in [-0.39, 0.29) is 17.2 Å². The Kier molecular flexibility index (Phi) is 5.32. The summed E-state index contributed by atoms with van der Waals surface area (Å²) < 4.78 is 7.34. The molecule has 2 fully saturated rings. The average molecular weight is 471 g/mol. The molecule has 178 valence electrons. The van der Waals surface area contributed by atoms with E-state index < -0.39 is 0 Å². The van der Waals surface area contributed by atoms with Crippen molar-refractivity contribution in [3.05, 3.63) is 78.3 Å². The second-order valence-electron chi connectivity index (χ2n) is 9.54. The zero-order chi connectivity index (χ0) is 23.8. The molecule has 35 heavy (non-hydrogen) atoms. The van der Waals surface area contributed by atoms with Crippen LogP contribution in [-0.2, 0) is 6.54 Å². The summed E-state index contributed by atoms with van der Waals surface area (Å²) in [4.78, 5) is 35.9. The van der Waals surface area contributed by atoms with Crippen molar-refractivity contribution in [2.45, 2.75) is 25.8 Å². The van der Waals surface area contributed by atoms with E-state index in [4.69, 9.17) is 4.42 Å². The molecule has 3 aromatic heterocycles. The lowest BCUT2D eigenvalue weighted by molar-refractivity contribution is 0.0667. The number of rotatable bonds is 6. The van der Waals surface area contributed by atoms with Gasteiger partial charge in [0.05, 0.1) is 12.7 Å². The number of hydrogen-bond donors (Lipinski definition) is 1. The first-order valence-electron chi connectivity index (χ1n) is 11.9. The van der Waals surface area contributed by atoms with E-state index >= 15 is 0 Å². The van der Waals surface area contributed by atoms with Gasteiger partial charge in [-0.25, -0.2) is 9.67 Å². The molecule has 0 radical (unpaired) electrons. The minimum Gasteiger partial charge on any atom is -0.449 e. The predicted octanol–water partition coefficient (Wildman–Crippen LogP) is 3.14. The highest BCUT2D eigenvalue weighted by Gasteiger charge is 2.54. The monoisotopic (exact) mass is 470 g/mol. The van der Waals surface area contributed by atoms with Crippen LogP contribution in [0.4, 0.5) is 0 Å². The lowest BCUT2D eigenvalue weighted by atomic mass is 9.90. The minimum atomic E-state index is -0.195. The molecule has 1 N–H and O–H groups in total. The van der Waals surface area contributed by atoms with Gasteiger partial charge in [0.15, 0.2) is 11.3 Å². The van der Waals surface area contributed by atoms with Crippen LogP contribution in [0.5, 0.6) is 0 Å². The van der Waals surface area contributed by atoms with Gasteiger partial charge in [0.2, 0.25) is 0 Å². The van der Waals surface area contributed by atoms with Gasteiger partial charge in [-0.3, -0.25) is 14.6 Å². The molecule has 6 rings (SSSR count). The molecule has 1 aliphatic carbocycles. The number of hydrogen-bond acceptors (Lipinski definition) is 6. The third-order valence-corrected chi connectivity index (χ3v) is 7.51. The zero-order valence-electron chi connectivity index (χ0n) is 19.3. The lowest BCUT2D eigenvalue weighted by Crippen LogP contribution is -2.40. The smallest absolute Gasteiger partial charge is 0.287 e. The van der Waals surface area contributed by atoms with E-state index in [1.807, 2.05) is 35.2 Å². The Morgan fingerprint density at radius 2 is 2.00 bits per heavy atom. The molecule has 1 spiro atoms. The number of amides is 2. The SMILES string of the molecule is O=C(NCC1CC12CCN(C(=O)c1ccccc1Cn1cncn1)CC2)c1cc2ccncc2o1. The number of furan rings is 1. The number of nitrogens with one attached hydrogen (secondary N) is 1. The maximum atomic E-state index is 13.3. The van der Waals surface area contributed by atoms with Gasteiger partial charge < -0.3 is 14.6 Å². The maximum Gasteiger partial charge on any atom is 0.287 e. The molecular formula is C26H26N6O3. The predicted molar refractivity (Wildman–Crippen MR) is 128 cm³/mol. The van der Waals surface area contributed by atoms with Crippen molar-refractivity contribution in [2.75, 3.05) is 19.6 Å². The number of pyridine rings is 1. The highest BCUT2D eigenvalue weighted by Crippen LogP contribution is 2.59. The summed E-state index contributed by atoms with van der Waals surface area (Å²) in [5, 5.41) is 8.07. The summed E-state index contributed by atoms with van der Waals surface area (Å²) in [5.41, 5.74) is 2.50. The summed E-state index contributed by atoms with van der Waals surface area (Å²) in [6.45, 7) is 2.61. The third-order valence-electron chi connectivity index (χ3n) is 7.51. The molecule has 9 heteroatoms. The number of aromatic nitrogens is 4. The highest BCUT2D eigenvalue weighted by atomic mass is 16.3. The number of likely N-dealkylation sites (tertiary alicyclic amines) is 1. The van der Waals surface area contributed by atoms with Crippen molar-refractivity contribution in [1.29, 1.82) is 0 Å². The Morgan fingerprint density at radius 1 is 1.14 bits per heavy atom. The molecule has 1 saturated carbocycles. The summed E-state index contributed by atoms with van der Waals surface area (Å²) in [5.74, 6) is 0.627. The molecule has 9 nitrogen and oxygen atoms in total. The van der Waals surface area contributed by atoms with E-state index in [0.717, 1.165) is 48.9 Å². The fourth-order valence-corrected chi connectivity index (χ4v) is 5.31. The summed E-state index contributed by atoms with van der Waals surface area (Å²) in [7, 11) is 0. The molecule has 1 aromatic carbocycles. The number of piperidine rings is 1. The van der Waals surface area contributed by atoms with E-state index in [0.29, 0.717) is 30.4 Å². The van der Waals surface area contributed by atoms with Crippen molar-refractivity contribution < 1.29 is 14.0 Å². The van der Waals surface area contributed by atoms with Crippen LogP contribution in [-0.4, -0.2) is 56.1 Å². The quantitative estimate of drug-likeness (QED) is 0.464. The Balaban J connectivity index is 1.03. The van der Waals surface area contributed by atoms with Crippen LogP contribution < -0.4 is 5.32 Å². The molecular weight excluding hydrogens is 444 g/mol. The molecule has 1 saturated heterocycles. The third kappa shape index (κ3) is 4.18. The minimum absolute atomic E-state index is 0.0699. The van der Waals surface area contributed by atoms with Gasteiger partial charge in [0, 0.05) is 36.8 Å². The number of carbonyl (C=O) groups excluding carboxylic acids is 2. The summed E-state index contributed by atoms with van der Waals surface area (Å²) >= 11 is 0. The Labute approximate surface area is 202 Å². The highest BCUT2D eigenvalue weighted by molar-refractivity contribution is 5.96. The maximum absolute atomic E-state index is 13.3. The average Bonchev–Trinajstić information content (AvgIpc) is 3.24. The largest absolute Gasteiger partial charge is 0.449 e. The first-order chi connectivity index (χ1) is 17.1. The van der Waals surface area contributed by atoms with Gasteiger partial charge in [-0.05, 0) is 54.4 Å². The number of fused-ring (bicyclic) bond motifs is 1. The van der Waals surface area contributed by atoms with E-state index in [1.54, 1.807) is 29.5 Å². The first kappa shape index (κ1) is 21.5. The molecule has 2 amide bonds. The normalized spacial score (nSPS) is 18.6.